The van der Waals surface area contributed by atoms with E-state index < -0.39 is 0 Å². The van der Waals surface area contributed by atoms with Crippen molar-refractivity contribution >= 4 is 5.69 Å². The Morgan fingerprint density at radius 2 is 1.85 bits per heavy atom. The van der Waals surface area contributed by atoms with Crippen molar-refractivity contribution in [3.8, 4) is 11.5 Å². The first-order valence-corrected chi connectivity index (χ1v) is 9.79. The average Bonchev–Trinajstić information content (AvgIpc) is 2.63. The molecule has 1 N–H and O–H groups in total. The molecule has 0 aromatic heterocycles. The molecule has 0 heterocycles. The number of aryl methyl sites for hydroxylation is 2. The molecule has 142 valence electrons. The summed E-state index contributed by atoms with van der Waals surface area (Å²) < 4.78 is 11.9. The van der Waals surface area contributed by atoms with Gasteiger partial charge in [0.05, 0.1) is 13.2 Å². The van der Waals surface area contributed by atoms with Crippen LogP contribution in [0, 0.1) is 13.8 Å². The first-order chi connectivity index (χ1) is 12.6. The quantitative estimate of drug-likeness (QED) is 0.491. The summed E-state index contributed by atoms with van der Waals surface area (Å²) >= 11 is 0. The fourth-order valence-electron chi connectivity index (χ4n) is 2.77. The van der Waals surface area contributed by atoms with E-state index in [9.17, 15) is 0 Å². The van der Waals surface area contributed by atoms with Crippen LogP contribution in [0.25, 0.3) is 0 Å². The van der Waals surface area contributed by atoms with E-state index in [4.69, 9.17) is 9.47 Å². The van der Waals surface area contributed by atoms with Crippen molar-refractivity contribution in [3.63, 3.8) is 0 Å². The molecule has 1 unspecified atom stereocenters. The van der Waals surface area contributed by atoms with E-state index in [0.717, 1.165) is 36.8 Å². The predicted molar refractivity (Wildman–Crippen MR) is 111 cm³/mol. The maximum Gasteiger partial charge on any atom is 0.122 e. The molecule has 0 aliphatic heterocycles. The summed E-state index contributed by atoms with van der Waals surface area (Å²) in [5.74, 6) is 1.89. The Morgan fingerprint density at radius 3 is 2.65 bits per heavy atom. The maximum atomic E-state index is 6.09. The van der Waals surface area contributed by atoms with Crippen molar-refractivity contribution in [2.45, 2.75) is 59.5 Å². The predicted octanol–water partition coefficient (Wildman–Crippen LogP) is 6.14. The minimum absolute atomic E-state index is 0.0779. The van der Waals surface area contributed by atoms with Gasteiger partial charge in [-0.2, -0.15) is 0 Å². The molecule has 3 heteroatoms. The van der Waals surface area contributed by atoms with Gasteiger partial charge in [-0.15, -0.1) is 0 Å². The topological polar surface area (TPSA) is 30.5 Å². The number of nitrogens with one attached hydrogen (secondary N) is 1. The highest BCUT2D eigenvalue weighted by Crippen LogP contribution is 2.21. The summed E-state index contributed by atoms with van der Waals surface area (Å²) in [5.41, 5.74) is 3.45. The van der Waals surface area contributed by atoms with Gasteiger partial charge in [0.2, 0.25) is 0 Å². The molecule has 0 aliphatic rings. The van der Waals surface area contributed by atoms with Crippen molar-refractivity contribution in [3.05, 3.63) is 53.6 Å². The highest BCUT2D eigenvalue weighted by atomic mass is 16.5. The summed E-state index contributed by atoms with van der Waals surface area (Å²) in [7, 11) is 0. The summed E-state index contributed by atoms with van der Waals surface area (Å²) in [4.78, 5) is 0. The van der Waals surface area contributed by atoms with E-state index in [1.807, 2.05) is 12.1 Å². The van der Waals surface area contributed by atoms with Crippen LogP contribution in [0.2, 0.25) is 0 Å². The smallest absolute Gasteiger partial charge is 0.122 e. The summed E-state index contributed by atoms with van der Waals surface area (Å²) in [5, 5.41) is 3.44. The molecule has 0 spiro atoms. The molecule has 26 heavy (non-hydrogen) atoms. The van der Waals surface area contributed by atoms with Gasteiger partial charge in [0.25, 0.3) is 0 Å². The number of unbranched alkanes of at least 4 members (excludes halogenated alkanes) is 3. The minimum atomic E-state index is 0.0779. The lowest BCUT2D eigenvalue weighted by atomic mass is 10.1. The third-order valence-electron chi connectivity index (χ3n) is 4.37. The van der Waals surface area contributed by atoms with Gasteiger partial charge in [0.1, 0.15) is 17.6 Å². The number of hydrogen-bond acceptors (Lipinski definition) is 3. The molecule has 1 atom stereocenters. The Morgan fingerprint density at radius 1 is 1.00 bits per heavy atom. The van der Waals surface area contributed by atoms with E-state index >= 15 is 0 Å². The normalized spacial score (nSPS) is 11.8. The average molecular weight is 356 g/mol. The number of ether oxygens (including phenoxy) is 2. The van der Waals surface area contributed by atoms with Crippen molar-refractivity contribution in [1.82, 2.24) is 0 Å². The summed E-state index contributed by atoms with van der Waals surface area (Å²) in [6.07, 6.45) is 4.97. The lowest BCUT2D eigenvalue weighted by Gasteiger charge is -2.18. The number of benzene rings is 2. The third kappa shape index (κ3) is 6.99. The first kappa shape index (κ1) is 20.2. The van der Waals surface area contributed by atoms with Gasteiger partial charge < -0.3 is 14.8 Å². The second-order valence-corrected chi connectivity index (χ2v) is 7.02. The highest BCUT2D eigenvalue weighted by Gasteiger charge is 2.07. The fraction of sp³-hybridized carbons (Fsp3) is 0.478. The minimum Gasteiger partial charge on any atom is -0.494 e. The maximum absolute atomic E-state index is 6.09. The van der Waals surface area contributed by atoms with Crippen LogP contribution < -0.4 is 14.8 Å². The highest BCUT2D eigenvalue weighted by molar-refractivity contribution is 5.48. The summed E-state index contributed by atoms with van der Waals surface area (Å²) in [6.45, 7) is 10.0. The zero-order chi connectivity index (χ0) is 18.8. The molecule has 3 nitrogen and oxygen atoms in total. The molecule has 0 amide bonds. The zero-order valence-electron chi connectivity index (χ0n) is 16.7. The summed E-state index contributed by atoms with van der Waals surface area (Å²) in [6, 6.07) is 14.5. The fourth-order valence-corrected chi connectivity index (χ4v) is 2.77. The van der Waals surface area contributed by atoms with Crippen LogP contribution in [0.5, 0.6) is 11.5 Å². The van der Waals surface area contributed by atoms with Crippen LogP contribution in [0.15, 0.2) is 42.5 Å². The molecular weight excluding hydrogens is 322 g/mol. The second-order valence-electron chi connectivity index (χ2n) is 7.02. The van der Waals surface area contributed by atoms with Crippen LogP contribution in [0.3, 0.4) is 0 Å². The van der Waals surface area contributed by atoms with Crippen molar-refractivity contribution in [2.75, 3.05) is 18.5 Å². The van der Waals surface area contributed by atoms with E-state index in [0.29, 0.717) is 0 Å². The van der Waals surface area contributed by atoms with E-state index in [2.05, 4.69) is 63.3 Å². The van der Waals surface area contributed by atoms with Crippen molar-refractivity contribution in [2.24, 2.45) is 0 Å². The Balaban J connectivity index is 1.79. The Labute approximate surface area is 158 Å². The third-order valence-corrected chi connectivity index (χ3v) is 4.37. The lowest BCUT2D eigenvalue weighted by molar-refractivity contribution is 0.233. The standard InChI is InChI=1S/C23H33NO2/c1-5-6-7-8-14-25-22-11-9-10-21(16-22)24-17-20(4)26-23-15-18(2)12-13-19(23)3/h9-13,15-16,20,24H,5-8,14,17H2,1-4H3. The van der Waals surface area contributed by atoms with Gasteiger partial charge in [-0.1, -0.05) is 44.4 Å². The van der Waals surface area contributed by atoms with Crippen LogP contribution >= 0.6 is 0 Å². The molecule has 2 aromatic rings. The van der Waals surface area contributed by atoms with Gasteiger partial charge in [-0.25, -0.2) is 0 Å². The van der Waals surface area contributed by atoms with Gasteiger partial charge >= 0.3 is 0 Å². The second kappa shape index (κ2) is 10.7. The van der Waals surface area contributed by atoms with E-state index in [1.165, 1.54) is 30.4 Å². The molecule has 0 fully saturated rings. The monoisotopic (exact) mass is 355 g/mol. The van der Waals surface area contributed by atoms with Crippen LogP contribution in [0.1, 0.15) is 50.7 Å². The molecule has 2 aromatic carbocycles. The number of rotatable bonds is 11. The van der Waals surface area contributed by atoms with Gasteiger partial charge in [0.15, 0.2) is 0 Å². The van der Waals surface area contributed by atoms with Crippen molar-refractivity contribution < 1.29 is 9.47 Å². The molecule has 0 saturated carbocycles. The van der Waals surface area contributed by atoms with Crippen LogP contribution in [0.4, 0.5) is 5.69 Å². The van der Waals surface area contributed by atoms with Crippen LogP contribution in [-0.2, 0) is 0 Å². The van der Waals surface area contributed by atoms with Gasteiger partial charge in [0, 0.05) is 11.8 Å². The molecule has 0 saturated heterocycles. The Kier molecular flexibility index (Phi) is 8.33. The van der Waals surface area contributed by atoms with E-state index in [-0.39, 0.29) is 6.10 Å². The molecule has 0 aliphatic carbocycles. The van der Waals surface area contributed by atoms with Gasteiger partial charge in [-0.05, 0) is 56.5 Å². The lowest BCUT2D eigenvalue weighted by Crippen LogP contribution is -2.23. The Bertz CT molecular complexity index is 669. The zero-order valence-corrected chi connectivity index (χ0v) is 16.7. The largest absolute Gasteiger partial charge is 0.494 e. The Hall–Kier alpha value is -2.16. The number of anilines is 1. The SMILES string of the molecule is CCCCCCOc1cccc(NCC(C)Oc2cc(C)ccc2C)c1. The van der Waals surface area contributed by atoms with Crippen molar-refractivity contribution in [1.29, 1.82) is 0 Å². The van der Waals surface area contributed by atoms with Gasteiger partial charge in [-0.3, -0.25) is 0 Å². The van der Waals surface area contributed by atoms with E-state index in [1.54, 1.807) is 0 Å². The molecule has 2 rings (SSSR count). The number of hydrogen-bond donors (Lipinski definition) is 1. The first-order valence-electron chi connectivity index (χ1n) is 9.79. The van der Waals surface area contributed by atoms with Crippen LogP contribution in [-0.4, -0.2) is 19.3 Å². The molecule has 0 radical (unpaired) electrons. The molecular formula is C23H33NO2. The molecule has 0 bridgehead atoms.